The number of alkyl halides is 3. The van der Waals surface area contributed by atoms with Crippen LogP contribution in [0.15, 0.2) is 36.4 Å². The fourth-order valence-corrected chi connectivity index (χ4v) is 3.34. The van der Waals surface area contributed by atoms with Crippen LogP contribution < -0.4 is 4.74 Å². The molecule has 0 saturated heterocycles. The van der Waals surface area contributed by atoms with Gasteiger partial charge in [0.2, 0.25) is 0 Å². The molecule has 26 heavy (non-hydrogen) atoms. The van der Waals surface area contributed by atoms with Crippen molar-refractivity contribution in [3.05, 3.63) is 47.8 Å². The van der Waals surface area contributed by atoms with E-state index in [0.717, 1.165) is 0 Å². The number of hydrogen-bond donors (Lipinski definition) is 0. The Morgan fingerprint density at radius 1 is 1.19 bits per heavy atom. The molecule has 1 saturated carbocycles. The molecule has 2 aliphatic rings. The standard InChI is InChI=1S/C18H18F3N3O2/c19-18(20,21)15-8-12(15)10-23-6-7-24-16(17(23)25)9-13(22-24)11-26-14-4-2-1-3-5-14/h1-5,9,12,15H,6-8,10-11H2. The minimum atomic E-state index is -4.16. The molecule has 5 nitrogen and oxygen atoms in total. The molecule has 0 N–H and O–H groups in total. The molecule has 0 radical (unpaired) electrons. The third-order valence-corrected chi connectivity index (χ3v) is 4.85. The molecule has 2 unspecified atom stereocenters. The summed E-state index contributed by atoms with van der Waals surface area (Å²) in [5, 5.41) is 4.36. The van der Waals surface area contributed by atoms with Crippen molar-refractivity contribution in [3.8, 4) is 5.75 Å². The van der Waals surface area contributed by atoms with E-state index in [4.69, 9.17) is 4.74 Å². The first-order valence-corrected chi connectivity index (χ1v) is 8.52. The lowest BCUT2D eigenvalue weighted by molar-refractivity contribution is -0.151. The number of benzene rings is 1. The molecule has 0 bridgehead atoms. The third-order valence-electron chi connectivity index (χ3n) is 4.85. The molecule has 1 aliphatic carbocycles. The van der Waals surface area contributed by atoms with Crippen molar-refractivity contribution in [2.75, 3.05) is 13.1 Å². The number of amides is 1. The van der Waals surface area contributed by atoms with Crippen LogP contribution in [0.5, 0.6) is 5.75 Å². The number of nitrogens with zero attached hydrogens (tertiary/aromatic N) is 3. The molecular formula is C18H18F3N3O2. The second-order valence-corrected chi connectivity index (χ2v) is 6.74. The summed E-state index contributed by atoms with van der Waals surface area (Å²) >= 11 is 0. The minimum absolute atomic E-state index is 0.114. The van der Waals surface area contributed by atoms with E-state index in [1.54, 1.807) is 10.7 Å². The quantitative estimate of drug-likeness (QED) is 0.818. The molecule has 2 aromatic rings. The van der Waals surface area contributed by atoms with Gasteiger partial charge in [0.25, 0.3) is 5.91 Å². The van der Waals surface area contributed by atoms with Crippen molar-refractivity contribution in [2.45, 2.75) is 25.7 Å². The van der Waals surface area contributed by atoms with E-state index in [1.807, 2.05) is 30.3 Å². The Kier molecular flexibility index (Phi) is 4.13. The van der Waals surface area contributed by atoms with Crippen molar-refractivity contribution in [1.29, 1.82) is 0 Å². The molecule has 1 amide bonds. The highest BCUT2D eigenvalue weighted by molar-refractivity contribution is 5.93. The van der Waals surface area contributed by atoms with E-state index in [0.29, 0.717) is 30.2 Å². The van der Waals surface area contributed by atoms with E-state index in [1.165, 1.54) is 4.90 Å². The van der Waals surface area contributed by atoms with Gasteiger partial charge in [-0.25, -0.2) is 0 Å². The Balaban J connectivity index is 1.38. The number of ether oxygens (including phenoxy) is 1. The number of para-hydroxylation sites is 1. The lowest BCUT2D eigenvalue weighted by atomic mass is 10.2. The van der Waals surface area contributed by atoms with Crippen LogP contribution in [0.4, 0.5) is 13.2 Å². The van der Waals surface area contributed by atoms with Crippen molar-refractivity contribution < 1.29 is 22.7 Å². The average Bonchev–Trinajstić information content (AvgIpc) is 3.27. The fourth-order valence-electron chi connectivity index (χ4n) is 3.34. The summed E-state index contributed by atoms with van der Waals surface area (Å²) in [4.78, 5) is 14.1. The monoisotopic (exact) mass is 365 g/mol. The van der Waals surface area contributed by atoms with Gasteiger partial charge in [-0.3, -0.25) is 9.48 Å². The van der Waals surface area contributed by atoms with Gasteiger partial charge in [0.05, 0.1) is 12.5 Å². The maximum absolute atomic E-state index is 12.7. The van der Waals surface area contributed by atoms with Gasteiger partial charge in [-0.15, -0.1) is 0 Å². The first-order valence-electron chi connectivity index (χ1n) is 8.52. The van der Waals surface area contributed by atoms with Crippen molar-refractivity contribution in [3.63, 3.8) is 0 Å². The van der Waals surface area contributed by atoms with Gasteiger partial charge in [0.1, 0.15) is 23.7 Å². The van der Waals surface area contributed by atoms with Crippen molar-refractivity contribution >= 4 is 5.91 Å². The zero-order valence-electron chi connectivity index (χ0n) is 13.9. The SMILES string of the molecule is O=C1c2cc(COc3ccccc3)nn2CCN1CC1CC1C(F)(F)F. The van der Waals surface area contributed by atoms with E-state index in [9.17, 15) is 18.0 Å². The van der Waals surface area contributed by atoms with E-state index < -0.39 is 18.0 Å². The van der Waals surface area contributed by atoms with Crippen molar-refractivity contribution in [1.82, 2.24) is 14.7 Å². The second-order valence-electron chi connectivity index (χ2n) is 6.74. The van der Waals surface area contributed by atoms with Crippen molar-refractivity contribution in [2.24, 2.45) is 11.8 Å². The largest absolute Gasteiger partial charge is 0.487 e. The van der Waals surface area contributed by atoms with Crippen LogP contribution in [0.2, 0.25) is 0 Å². The summed E-state index contributed by atoms with van der Waals surface area (Å²) in [7, 11) is 0. The maximum Gasteiger partial charge on any atom is 0.392 e. The molecule has 8 heteroatoms. The van der Waals surface area contributed by atoms with Crippen LogP contribution in [0.1, 0.15) is 22.6 Å². The van der Waals surface area contributed by atoms with Crippen LogP contribution in [-0.2, 0) is 13.2 Å². The second kappa shape index (κ2) is 6.34. The Morgan fingerprint density at radius 2 is 1.96 bits per heavy atom. The van der Waals surface area contributed by atoms with Gasteiger partial charge in [0.15, 0.2) is 0 Å². The molecule has 4 rings (SSSR count). The number of carbonyl (C=O) groups excluding carboxylic acids is 1. The van der Waals surface area contributed by atoms with Gasteiger partial charge in [-0.05, 0) is 30.5 Å². The Morgan fingerprint density at radius 3 is 2.65 bits per heavy atom. The predicted octanol–water partition coefficient (Wildman–Crippen LogP) is 3.12. The lowest BCUT2D eigenvalue weighted by Gasteiger charge is -2.27. The molecule has 0 spiro atoms. The minimum Gasteiger partial charge on any atom is -0.487 e. The van der Waals surface area contributed by atoms with Crippen LogP contribution in [0.3, 0.4) is 0 Å². The molecule has 1 fully saturated rings. The van der Waals surface area contributed by atoms with Crippen LogP contribution in [-0.4, -0.2) is 39.9 Å². The topological polar surface area (TPSA) is 47.4 Å². The predicted molar refractivity (Wildman–Crippen MR) is 86.6 cm³/mol. The Bertz CT molecular complexity index is 804. The first-order chi connectivity index (χ1) is 12.4. The molecule has 138 valence electrons. The van der Waals surface area contributed by atoms with Gasteiger partial charge in [0, 0.05) is 13.1 Å². The normalized spacial score (nSPS) is 22.3. The number of rotatable bonds is 5. The Hall–Kier alpha value is -2.51. The molecular weight excluding hydrogens is 347 g/mol. The van der Waals surface area contributed by atoms with Crippen LogP contribution in [0.25, 0.3) is 0 Å². The summed E-state index contributed by atoms with van der Waals surface area (Å²) in [5.74, 6) is -1.30. The summed E-state index contributed by atoms with van der Waals surface area (Å²) < 4.78 is 45.3. The van der Waals surface area contributed by atoms with Gasteiger partial charge in [-0.2, -0.15) is 18.3 Å². The number of hydrogen-bond acceptors (Lipinski definition) is 3. The van der Waals surface area contributed by atoms with Gasteiger partial charge < -0.3 is 9.64 Å². The zero-order chi connectivity index (χ0) is 18.3. The number of carbonyl (C=O) groups is 1. The summed E-state index contributed by atoms with van der Waals surface area (Å²) in [5.41, 5.74) is 1.03. The summed E-state index contributed by atoms with van der Waals surface area (Å²) in [6.07, 6.45) is -4.05. The van der Waals surface area contributed by atoms with E-state index in [-0.39, 0.29) is 25.5 Å². The molecule has 2 atom stereocenters. The summed E-state index contributed by atoms with van der Waals surface area (Å²) in [6, 6.07) is 10.9. The number of halogens is 3. The molecule has 1 aromatic heterocycles. The molecule has 1 aromatic carbocycles. The maximum atomic E-state index is 12.7. The average molecular weight is 365 g/mol. The van der Waals surface area contributed by atoms with E-state index >= 15 is 0 Å². The van der Waals surface area contributed by atoms with Gasteiger partial charge in [-0.1, -0.05) is 18.2 Å². The highest BCUT2D eigenvalue weighted by atomic mass is 19.4. The number of fused-ring (bicyclic) bond motifs is 1. The molecule has 2 heterocycles. The Labute approximate surface area is 148 Å². The van der Waals surface area contributed by atoms with Crippen LogP contribution in [0, 0.1) is 11.8 Å². The highest BCUT2D eigenvalue weighted by Crippen LogP contribution is 2.50. The fraction of sp³-hybridized carbons (Fsp3) is 0.444. The lowest BCUT2D eigenvalue weighted by Crippen LogP contribution is -2.41. The van der Waals surface area contributed by atoms with E-state index in [2.05, 4.69) is 5.10 Å². The molecule has 1 aliphatic heterocycles. The zero-order valence-corrected chi connectivity index (χ0v) is 13.9. The van der Waals surface area contributed by atoms with Crippen LogP contribution >= 0.6 is 0 Å². The number of aromatic nitrogens is 2. The third kappa shape index (κ3) is 3.40. The smallest absolute Gasteiger partial charge is 0.392 e. The van der Waals surface area contributed by atoms with Gasteiger partial charge >= 0.3 is 6.18 Å². The first kappa shape index (κ1) is 16.9. The highest BCUT2D eigenvalue weighted by Gasteiger charge is 2.56. The summed E-state index contributed by atoms with van der Waals surface area (Å²) in [6.45, 7) is 1.25.